The average molecular weight is 240 g/mol. The lowest BCUT2D eigenvalue weighted by atomic mass is 10.2. The van der Waals surface area contributed by atoms with Crippen LogP contribution >= 0.6 is 0 Å². The first-order valence-corrected chi connectivity index (χ1v) is 5.53. The summed E-state index contributed by atoms with van der Waals surface area (Å²) in [4.78, 5) is 11.8. The fourth-order valence-electron chi connectivity index (χ4n) is 1.79. The van der Waals surface area contributed by atoms with Crippen molar-refractivity contribution >= 4 is 17.0 Å². The topological polar surface area (TPSA) is 76.8 Å². The zero-order valence-electron chi connectivity index (χ0n) is 9.84. The molecule has 5 nitrogen and oxygen atoms in total. The van der Waals surface area contributed by atoms with Gasteiger partial charge in [0.2, 0.25) is 0 Å². The van der Waals surface area contributed by atoms with Gasteiger partial charge in [0.15, 0.2) is 5.65 Å². The average Bonchev–Trinajstić information content (AvgIpc) is 2.81. The molecule has 3 rings (SSSR count). The monoisotopic (exact) mass is 240 g/mol. The maximum absolute atomic E-state index is 5.63. The Hall–Kier alpha value is -2.56. The standard InChI is InChI=1S/C13H12N4O/c1-18-9-4-2-8(3-5-9)12-15-10-6-7-11(14)16-13(10)17-12/h2-7H,1H3,(H3,14,15,16,17). The first-order chi connectivity index (χ1) is 8.76. The second-order valence-corrected chi connectivity index (χ2v) is 3.92. The highest BCUT2D eigenvalue weighted by Gasteiger charge is 2.06. The highest BCUT2D eigenvalue weighted by Crippen LogP contribution is 2.22. The van der Waals surface area contributed by atoms with Gasteiger partial charge in [0.25, 0.3) is 0 Å². The Kier molecular flexibility index (Phi) is 2.37. The molecule has 0 saturated heterocycles. The van der Waals surface area contributed by atoms with Crippen molar-refractivity contribution in [2.75, 3.05) is 12.8 Å². The number of hydrogen-bond acceptors (Lipinski definition) is 4. The molecule has 0 aliphatic carbocycles. The summed E-state index contributed by atoms with van der Waals surface area (Å²) in [5.74, 6) is 2.05. The van der Waals surface area contributed by atoms with Gasteiger partial charge in [-0.1, -0.05) is 0 Å². The van der Waals surface area contributed by atoms with E-state index in [4.69, 9.17) is 10.5 Å². The number of ether oxygens (including phenoxy) is 1. The van der Waals surface area contributed by atoms with Crippen LogP contribution in [-0.4, -0.2) is 22.1 Å². The van der Waals surface area contributed by atoms with Crippen molar-refractivity contribution in [3.63, 3.8) is 0 Å². The maximum Gasteiger partial charge on any atom is 0.180 e. The predicted molar refractivity (Wildman–Crippen MR) is 70.3 cm³/mol. The number of anilines is 1. The van der Waals surface area contributed by atoms with Crippen LogP contribution in [0.2, 0.25) is 0 Å². The molecule has 3 aromatic rings. The first kappa shape index (κ1) is 10.6. The molecule has 0 fully saturated rings. The molecule has 0 aliphatic rings. The minimum absolute atomic E-state index is 0.468. The Balaban J connectivity index is 2.07. The zero-order chi connectivity index (χ0) is 12.5. The van der Waals surface area contributed by atoms with Gasteiger partial charge in [0.05, 0.1) is 12.6 Å². The van der Waals surface area contributed by atoms with Crippen LogP contribution in [0.25, 0.3) is 22.6 Å². The minimum Gasteiger partial charge on any atom is -0.497 e. The lowest BCUT2D eigenvalue weighted by Gasteiger charge is -2.00. The highest BCUT2D eigenvalue weighted by molar-refractivity contribution is 5.77. The van der Waals surface area contributed by atoms with Crippen LogP contribution in [0.15, 0.2) is 36.4 Å². The summed E-state index contributed by atoms with van der Waals surface area (Å²) in [5.41, 5.74) is 8.10. The van der Waals surface area contributed by atoms with E-state index in [9.17, 15) is 0 Å². The molecule has 2 heterocycles. The molecule has 0 atom stereocenters. The summed E-state index contributed by atoms with van der Waals surface area (Å²) in [6, 6.07) is 11.3. The Bertz CT molecular complexity index is 688. The van der Waals surface area contributed by atoms with Crippen LogP contribution in [-0.2, 0) is 0 Å². The lowest BCUT2D eigenvalue weighted by Crippen LogP contribution is -1.88. The van der Waals surface area contributed by atoms with Crippen molar-refractivity contribution < 1.29 is 4.74 Å². The third kappa shape index (κ3) is 1.75. The SMILES string of the molecule is COc1ccc(-c2nc3nc(N)ccc3[nH]2)cc1. The van der Waals surface area contributed by atoms with Gasteiger partial charge in [-0.05, 0) is 36.4 Å². The second kappa shape index (κ2) is 4.03. The van der Waals surface area contributed by atoms with Crippen LogP contribution in [0.1, 0.15) is 0 Å². The van der Waals surface area contributed by atoms with Crippen LogP contribution < -0.4 is 10.5 Å². The molecule has 0 spiro atoms. The van der Waals surface area contributed by atoms with Gasteiger partial charge in [0.1, 0.15) is 17.4 Å². The molecule has 0 amide bonds. The number of nitrogens with one attached hydrogen (secondary N) is 1. The van der Waals surface area contributed by atoms with Crippen LogP contribution in [0.4, 0.5) is 5.82 Å². The summed E-state index contributed by atoms with van der Waals surface area (Å²) in [6.45, 7) is 0. The smallest absolute Gasteiger partial charge is 0.180 e. The first-order valence-electron chi connectivity index (χ1n) is 5.53. The van der Waals surface area contributed by atoms with Crippen molar-refractivity contribution in [3.8, 4) is 17.1 Å². The summed E-state index contributed by atoms with van der Waals surface area (Å²) >= 11 is 0. The van der Waals surface area contributed by atoms with E-state index in [0.717, 1.165) is 22.7 Å². The van der Waals surface area contributed by atoms with Crippen LogP contribution in [0, 0.1) is 0 Å². The Morgan fingerprint density at radius 3 is 2.56 bits per heavy atom. The van der Waals surface area contributed by atoms with Crippen molar-refractivity contribution in [1.29, 1.82) is 0 Å². The third-order valence-electron chi connectivity index (χ3n) is 2.73. The molecule has 0 unspecified atom stereocenters. The fourth-order valence-corrected chi connectivity index (χ4v) is 1.79. The minimum atomic E-state index is 0.468. The third-order valence-corrected chi connectivity index (χ3v) is 2.73. The number of pyridine rings is 1. The van der Waals surface area contributed by atoms with Crippen molar-refractivity contribution in [3.05, 3.63) is 36.4 Å². The highest BCUT2D eigenvalue weighted by atomic mass is 16.5. The number of methoxy groups -OCH3 is 1. The summed E-state index contributed by atoms with van der Waals surface area (Å²) in [5, 5.41) is 0. The number of hydrogen-bond donors (Lipinski definition) is 2. The number of H-pyrrole nitrogens is 1. The molecule has 0 aliphatic heterocycles. The number of aromatic nitrogens is 3. The van der Waals surface area contributed by atoms with Gasteiger partial charge in [0, 0.05) is 5.56 Å². The van der Waals surface area contributed by atoms with Gasteiger partial charge < -0.3 is 15.5 Å². The Morgan fingerprint density at radius 2 is 1.83 bits per heavy atom. The second-order valence-electron chi connectivity index (χ2n) is 3.92. The largest absolute Gasteiger partial charge is 0.497 e. The Morgan fingerprint density at radius 1 is 1.06 bits per heavy atom. The summed E-state index contributed by atoms with van der Waals surface area (Å²) in [6.07, 6.45) is 0. The number of nitrogen functional groups attached to an aromatic ring is 1. The van der Waals surface area contributed by atoms with E-state index in [1.807, 2.05) is 30.3 Å². The van der Waals surface area contributed by atoms with Crippen LogP contribution in [0.3, 0.4) is 0 Å². The number of fused-ring (bicyclic) bond motifs is 1. The lowest BCUT2D eigenvalue weighted by molar-refractivity contribution is 0.415. The van der Waals surface area contributed by atoms with Gasteiger partial charge >= 0.3 is 0 Å². The molecule has 90 valence electrons. The molecular weight excluding hydrogens is 228 g/mol. The van der Waals surface area contributed by atoms with E-state index >= 15 is 0 Å². The molecule has 1 aromatic carbocycles. The van der Waals surface area contributed by atoms with Gasteiger partial charge in [-0.25, -0.2) is 9.97 Å². The Labute approximate surface area is 104 Å². The van der Waals surface area contributed by atoms with E-state index in [-0.39, 0.29) is 0 Å². The van der Waals surface area contributed by atoms with E-state index in [0.29, 0.717) is 11.5 Å². The number of benzene rings is 1. The van der Waals surface area contributed by atoms with Gasteiger partial charge in [-0.3, -0.25) is 0 Å². The normalized spacial score (nSPS) is 10.7. The van der Waals surface area contributed by atoms with Crippen molar-refractivity contribution in [2.45, 2.75) is 0 Å². The number of nitrogens with zero attached hydrogens (tertiary/aromatic N) is 2. The van der Waals surface area contributed by atoms with Gasteiger partial charge in [-0.2, -0.15) is 0 Å². The number of aromatic amines is 1. The molecule has 0 saturated carbocycles. The maximum atomic E-state index is 5.63. The van der Waals surface area contributed by atoms with Crippen molar-refractivity contribution in [2.24, 2.45) is 0 Å². The summed E-state index contributed by atoms with van der Waals surface area (Å²) in [7, 11) is 1.64. The predicted octanol–water partition coefficient (Wildman–Crippen LogP) is 2.22. The molecular formula is C13H12N4O. The molecule has 5 heteroatoms. The number of imidazole rings is 1. The van der Waals surface area contributed by atoms with E-state index < -0.39 is 0 Å². The van der Waals surface area contributed by atoms with E-state index in [2.05, 4.69) is 15.0 Å². The zero-order valence-corrected chi connectivity index (χ0v) is 9.84. The number of nitrogens with two attached hydrogens (primary N) is 1. The molecule has 0 radical (unpaired) electrons. The quantitative estimate of drug-likeness (QED) is 0.720. The summed E-state index contributed by atoms with van der Waals surface area (Å²) < 4.78 is 5.12. The van der Waals surface area contributed by atoms with Crippen molar-refractivity contribution in [1.82, 2.24) is 15.0 Å². The van der Waals surface area contributed by atoms with E-state index in [1.165, 1.54) is 0 Å². The van der Waals surface area contributed by atoms with Crippen LogP contribution in [0.5, 0.6) is 5.75 Å². The molecule has 2 aromatic heterocycles. The number of rotatable bonds is 2. The van der Waals surface area contributed by atoms with Gasteiger partial charge in [-0.15, -0.1) is 0 Å². The molecule has 3 N–H and O–H groups in total. The molecule has 18 heavy (non-hydrogen) atoms. The van der Waals surface area contributed by atoms with E-state index in [1.54, 1.807) is 13.2 Å². The molecule has 0 bridgehead atoms. The fraction of sp³-hybridized carbons (Fsp3) is 0.0769.